The van der Waals surface area contributed by atoms with E-state index in [4.69, 9.17) is 0 Å². The highest BCUT2D eigenvalue weighted by Gasteiger charge is 2.16. The third kappa shape index (κ3) is 4.99. The third-order valence-electron chi connectivity index (χ3n) is 3.10. The Kier molecular flexibility index (Phi) is 6.70. The third-order valence-corrected chi connectivity index (χ3v) is 3.10. The molecule has 5 heteroatoms. The van der Waals surface area contributed by atoms with E-state index in [-0.39, 0.29) is 18.5 Å². The minimum absolute atomic E-state index is 0.0442. The zero-order chi connectivity index (χ0) is 15.0. The highest BCUT2D eigenvalue weighted by Crippen LogP contribution is 2.01. The molecule has 1 rings (SSSR count). The molecule has 1 amide bonds. The molecular weight excluding hydrogens is 256 g/mol. The summed E-state index contributed by atoms with van der Waals surface area (Å²) in [6.45, 7) is 4.36. The van der Waals surface area contributed by atoms with E-state index in [0.717, 1.165) is 19.3 Å². The monoisotopic (exact) mass is 279 g/mol. The first-order valence-electron chi connectivity index (χ1n) is 6.97. The summed E-state index contributed by atoms with van der Waals surface area (Å²) in [7, 11) is 1.34. The Labute approximate surface area is 119 Å². The van der Waals surface area contributed by atoms with Crippen molar-refractivity contribution in [1.82, 2.24) is 5.32 Å². The van der Waals surface area contributed by atoms with Gasteiger partial charge in [0.2, 0.25) is 6.54 Å². The van der Waals surface area contributed by atoms with E-state index in [1.165, 1.54) is 7.11 Å². The molecule has 0 bridgehead atoms. The van der Waals surface area contributed by atoms with Crippen molar-refractivity contribution < 1.29 is 18.9 Å². The first kappa shape index (κ1) is 16.1. The Hall–Kier alpha value is -1.91. The van der Waals surface area contributed by atoms with Crippen molar-refractivity contribution in [2.24, 2.45) is 0 Å². The van der Waals surface area contributed by atoms with Gasteiger partial charge in [-0.2, -0.15) is 4.57 Å². The molecule has 0 saturated heterocycles. The second-order valence-electron chi connectivity index (χ2n) is 4.72. The summed E-state index contributed by atoms with van der Waals surface area (Å²) in [5.41, 5.74) is 0.434. The number of aromatic nitrogens is 1. The molecule has 0 radical (unpaired) electrons. The van der Waals surface area contributed by atoms with Crippen LogP contribution in [0.15, 0.2) is 24.5 Å². The number of rotatable bonds is 7. The number of methoxy groups -OCH3 is 1. The van der Waals surface area contributed by atoms with Crippen LogP contribution in [0.5, 0.6) is 0 Å². The van der Waals surface area contributed by atoms with Crippen molar-refractivity contribution in [2.75, 3.05) is 7.11 Å². The van der Waals surface area contributed by atoms with Crippen molar-refractivity contribution in [2.45, 2.75) is 45.7 Å². The van der Waals surface area contributed by atoms with Crippen molar-refractivity contribution >= 4 is 11.9 Å². The average molecular weight is 279 g/mol. The first-order chi connectivity index (χ1) is 9.60. The number of esters is 1. The van der Waals surface area contributed by atoms with Crippen molar-refractivity contribution in [3.8, 4) is 0 Å². The molecule has 0 aromatic carbocycles. The molecule has 0 aliphatic rings. The van der Waals surface area contributed by atoms with Gasteiger partial charge in [-0.05, 0) is 18.9 Å². The maximum absolute atomic E-state index is 12.0. The van der Waals surface area contributed by atoms with Gasteiger partial charge in [-0.15, -0.1) is 0 Å². The molecule has 0 saturated carbocycles. The maximum atomic E-state index is 12.0. The number of nitrogens with one attached hydrogen (secondary N) is 1. The number of hydrogen-bond donors (Lipinski definition) is 1. The summed E-state index contributed by atoms with van der Waals surface area (Å²) in [5.74, 6) is -0.450. The fourth-order valence-electron chi connectivity index (χ4n) is 2.02. The predicted molar refractivity (Wildman–Crippen MR) is 75.1 cm³/mol. The van der Waals surface area contributed by atoms with Crippen LogP contribution in [0.1, 0.15) is 43.5 Å². The summed E-state index contributed by atoms with van der Waals surface area (Å²) in [4.78, 5) is 23.4. The lowest BCUT2D eigenvalue weighted by Gasteiger charge is -2.14. The Bertz CT molecular complexity index is 460. The summed E-state index contributed by atoms with van der Waals surface area (Å²) < 4.78 is 6.34. The molecule has 0 aliphatic heterocycles. The number of pyridine rings is 1. The minimum Gasteiger partial charge on any atom is -0.465 e. The lowest BCUT2D eigenvalue weighted by Crippen LogP contribution is -2.45. The van der Waals surface area contributed by atoms with Gasteiger partial charge in [0.05, 0.1) is 7.11 Å². The topological polar surface area (TPSA) is 59.3 Å². The van der Waals surface area contributed by atoms with Gasteiger partial charge in [0, 0.05) is 12.1 Å². The van der Waals surface area contributed by atoms with Gasteiger partial charge in [-0.25, -0.2) is 4.79 Å². The van der Waals surface area contributed by atoms with Crippen LogP contribution in [0.2, 0.25) is 0 Å². The maximum Gasteiger partial charge on any atom is 0.343 e. The molecule has 1 aromatic heterocycles. The first-order valence-corrected chi connectivity index (χ1v) is 6.97. The van der Waals surface area contributed by atoms with Crippen LogP contribution in [0, 0.1) is 0 Å². The van der Waals surface area contributed by atoms with Crippen LogP contribution in [0.3, 0.4) is 0 Å². The van der Waals surface area contributed by atoms with E-state index in [2.05, 4.69) is 23.9 Å². The summed E-state index contributed by atoms with van der Waals surface area (Å²) in [6, 6.07) is 3.60. The number of carbonyl (C=O) groups is 2. The highest BCUT2D eigenvalue weighted by atomic mass is 16.5. The van der Waals surface area contributed by atoms with Gasteiger partial charge in [0.1, 0.15) is 5.56 Å². The Morgan fingerprint density at radius 1 is 1.40 bits per heavy atom. The Morgan fingerprint density at radius 3 is 2.75 bits per heavy atom. The van der Waals surface area contributed by atoms with Crippen LogP contribution in [0.4, 0.5) is 0 Å². The normalized spacial score (nSPS) is 11.8. The lowest BCUT2D eigenvalue weighted by atomic mass is 10.1. The zero-order valence-electron chi connectivity index (χ0n) is 12.4. The van der Waals surface area contributed by atoms with Crippen molar-refractivity contribution in [3.63, 3.8) is 0 Å². The van der Waals surface area contributed by atoms with Crippen LogP contribution >= 0.6 is 0 Å². The molecule has 5 nitrogen and oxygen atoms in total. The standard InChI is InChI=1S/C15H22N2O3/c1-4-7-13(5-2)16-14(18)11-17-9-6-8-12(10-17)15(19)20-3/h6,8-10,13H,4-5,7,11H2,1-3H3/p+1. The summed E-state index contributed by atoms with van der Waals surface area (Å²) >= 11 is 0. The minimum atomic E-state index is -0.405. The molecule has 0 aliphatic carbocycles. The van der Waals surface area contributed by atoms with Gasteiger partial charge in [0.15, 0.2) is 12.4 Å². The molecule has 110 valence electrons. The molecule has 1 heterocycles. The van der Waals surface area contributed by atoms with Gasteiger partial charge in [-0.1, -0.05) is 20.3 Å². The predicted octanol–water partition coefficient (Wildman–Crippen LogP) is 1.46. The highest BCUT2D eigenvalue weighted by molar-refractivity contribution is 5.88. The molecular formula is C15H23N2O3+. The summed E-state index contributed by atoms with van der Waals surface area (Å²) in [6.07, 6.45) is 6.32. The Balaban J connectivity index is 2.63. The number of ether oxygens (including phenoxy) is 1. The molecule has 0 spiro atoms. The van der Waals surface area contributed by atoms with Crippen molar-refractivity contribution in [3.05, 3.63) is 30.1 Å². The van der Waals surface area contributed by atoms with E-state index in [9.17, 15) is 9.59 Å². The molecule has 1 aromatic rings. The van der Waals surface area contributed by atoms with Gasteiger partial charge in [-0.3, -0.25) is 4.79 Å². The van der Waals surface area contributed by atoms with Gasteiger partial charge in [0.25, 0.3) is 5.91 Å². The smallest absolute Gasteiger partial charge is 0.343 e. The second-order valence-corrected chi connectivity index (χ2v) is 4.72. The van der Waals surface area contributed by atoms with Crippen LogP contribution in [-0.2, 0) is 16.1 Å². The SMILES string of the molecule is CCCC(CC)NC(=O)C[n+]1cccc(C(=O)OC)c1. The number of hydrogen-bond acceptors (Lipinski definition) is 3. The average Bonchev–Trinajstić information content (AvgIpc) is 2.46. The van der Waals surface area contributed by atoms with Crippen LogP contribution in [-0.4, -0.2) is 25.0 Å². The number of nitrogens with zero attached hydrogens (tertiary/aromatic N) is 1. The second kappa shape index (κ2) is 8.30. The number of carbonyl (C=O) groups excluding carboxylic acids is 2. The van der Waals surface area contributed by atoms with E-state index in [1.807, 2.05) is 0 Å². The molecule has 1 N–H and O–H groups in total. The van der Waals surface area contributed by atoms with E-state index < -0.39 is 5.97 Å². The van der Waals surface area contributed by atoms with Crippen LogP contribution in [0.25, 0.3) is 0 Å². The fraction of sp³-hybridized carbons (Fsp3) is 0.533. The van der Waals surface area contributed by atoms with E-state index >= 15 is 0 Å². The zero-order valence-corrected chi connectivity index (χ0v) is 12.4. The van der Waals surface area contributed by atoms with Crippen LogP contribution < -0.4 is 9.88 Å². The van der Waals surface area contributed by atoms with Crippen molar-refractivity contribution in [1.29, 1.82) is 0 Å². The molecule has 20 heavy (non-hydrogen) atoms. The number of amides is 1. The quantitative estimate of drug-likeness (QED) is 0.607. The largest absolute Gasteiger partial charge is 0.465 e. The molecule has 1 unspecified atom stereocenters. The molecule has 0 fully saturated rings. The fourth-order valence-corrected chi connectivity index (χ4v) is 2.02. The van der Waals surface area contributed by atoms with E-state index in [0.29, 0.717) is 5.56 Å². The van der Waals surface area contributed by atoms with Gasteiger partial charge >= 0.3 is 5.97 Å². The lowest BCUT2D eigenvalue weighted by molar-refractivity contribution is -0.684. The molecule has 1 atom stereocenters. The Morgan fingerprint density at radius 2 is 2.15 bits per heavy atom. The summed E-state index contributed by atoms with van der Waals surface area (Å²) in [5, 5.41) is 3.00. The van der Waals surface area contributed by atoms with Gasteiger partial charge < -0.3 is 10.1 Å². The van der Waals surface area contributed by atoms with E-state index in [1.54, 1.807) is 29.1 Å².